The van der Waals surface area contributed by atoms with Crippen LogP contribution in [-0.2, 0) is 14.3 Å². The van der Waals surface area contributed by atoms with Gasteiger partial charge in [-0.1, -0.05) is 13.8 Å². The Labute approximate surface area is 196 Å². The molecule has 0 saturated heterocycles. The minimum Gasteiger partial charge on any atom is -0.497 e. The fourth-order valence-electron chi connectivity index (χ4n) is 2.90. The first-order chi connectivity index (χ1) is 15.6. The van der Waals surface area contributed by atoms with Crippen molar-refractivity contribution in [1.29, 1.82) is 5.26 Å². The molecule has 0 saturated carbocycles. The lowest BCUT2D eigenvalue weighted by Gasteiger charge is -2.21. The van der Waals surface area contributed by atoms with E-state index in [0.29, 0.717) is 22.1 Å². The molecule has 0 aliphatic carbocycles. The molecular weight excluding hydrogens is 446 g/mol. The van der Waals surface area contributed by atoms with Gasteiger partial charge in [-0.25, -0.2) is 4.79 Å². The van der Waals surface area contributed by atoms with Crippen molar-refractivity contribution in [2.75, 3.05) is 26.1 Å². The predicted octanol–water partition coefficient (Wildman–Crippen LogP) is 3.19. The molecule has 2 aromatic rings. The summed E-state index contributed by atoms with van der Waals surface area (Å²) in [5.74, 6) is -1.29. The molecule has 0 aliphatic rings. The Hall–Kier alpha value is -3.58. The van der Waals surface area contributed by atoms with E-state index in [9.17, 15) is 19.6 Å². The third kappa shape index (κ3) is 6.46. The van der Waals surface area contributed by atoms with Gasteiger partial charge in [-0.2, -0.15) is 5.26 Å². The SMILES string of the molecule is COc1cc(OC)cc(C(=O)NC(C(=O)OCC(=O)Nc2sc(C)c(C)c2C#N)C(C)C)c1. The summed E-state index contributed by atoms with van der Waals surface area (Å²) in [5, 5.41) is 14.9. The number of methoxy groups -OCH3 is 2. The second-order valence-corrected chi connectivity index (χ2v) is 8.78. The van der Waals surface area contributed by atoms with Crippen molar-refractivity contribution in [2.24, 2.45) is 5.92 Å². The van der Waals surface area contributed by atoms with Gasteiger partial charge in [0.15, 0.2) is 6.61 Å². The average molecular weight is 474 g/mol. The number of benzene rings is 1. The highest BCUT2D eigenvalue weighted by molar-refractivity contribution is 7.16. The standard InChI is InChI=1S/C23H27N3O6S/c1-12(2)20(26-21(28)15-7-16(30-5)9-17(8-15)31-6)23(29)32-11-19(27)25-22-18(10-24)13(3)14(4)33-22/h7-9,12,20H,11H2,1-6H3,(H,25,27)(H,26,28). The lowest BCUT2D eigenvalue weighted by atomic mass is 10.0. The molecule has 1 aromatic carbocycles. The Morgan fingerprint density at radius 3 is 2.21 bits per heavy atom. The maximum atomic E-state index is 12.7. The van der Waals surface area contributed by atoms with Crippen LogP contribution in [0.3, 0.4) is 0 Å². The van der Waals surface area contributed by atoms with Crippen LogP contribution in [-0.4, -0.2) is 44.7 Å². The number of nitrogens with zero attached hydrogens (tertiary/aromatic N) is 1. The number of esters is 1. The molecular formula is C23H27N3O6S. The largest absolute Gasteiger partial charge is 0.497 e. The summed E-state index contributed by atoms with van der Waals surface area (Å²) in [7, 11) is 2.93. The molecule has 2 rings (SSSR count). The summed E-state index contributed by atoms with van der Waals surface area (Å²) < 4.78 is 15.5. The third-order valence-corrected chi connectivity index (χ3v) is 6.04. The van der Waals surface area contributed by atoms with E-state index in [0.717, 1.165) is 10.4 Å². The van der Waals surface area contributed by atoms with Gasteiger partial charge < -0.3 is 24.8 Å². The molecule has 9 nitrogen and oxygen atoms in total. The number of hydrogen-bond donors (Lipinski definition) is 2. The first kappa shape index (κ1) is 25.7. The Bertz CT molecular complexity index is 1060. The van der Waals surface area contributed by atoms with Gasteiger partial charge in [-0.05, 0) is 37.5 Å². The summed E-state index contributed by atoms with van der Waals surface area (Å²) >= 11 is 1.28. The van der Waals surface area contributed by atoms with E-state index in [2.05, 4.69) is 16.7 Å². The fourth-order valence-corrected chi connectivity index (χ4v) is 3.93. The third-order valence-electron chi connectivity index (χ3n) is 4.92. The van der Waals surface area contributed by atoms with Crippen molar-refractivity contribution >= 4 is 34.1 Å². The van der Waals surface area contributed by atoms with Crippen LogP contribution in [0.4, 0.5) is 5.00 Å². The van der Waals surface area contributed by atoms with Gasteiger partial charge in [0.25, 0.3) is 11.8 Å². The second-order valence-electron chi connectivity index (χ2n) is 7.55. The number of carbonyl (C=O) groups is 3. The normalized spacial score (nSPS) is 11.3. The first-order valence-electron chi connectivity index (χ1n) is 10.1. The van der Waals surface area contributed by atoms with Gasteiger partial charge in [0.2, 0.25) is 0 Å². The van der Waals surface area contributed by atoms with Crippen molar-refractivity contribution in [2.45, 2.75) is 33.7 Å². The van der Waals surface area contributed by atoms with Gasteiger partial charge in [0.1, 0.15) is 28.6 Å². The molecule has 2 amide bonds. The highest BCUT2D eigenvalue weighted by atomic mass is 32.1. The summed E-state index contributed by atoms with van der Waals surface area (Å²) in [4.78, 5) is 38.6. The van der Waals surface area contributed by atoms with Crippen LogP contribution in [0.5, 0.6) is 11.5 Å². The molecule has 10 heteroatoms. The summed E-state index contributed by atoms with van der Waals surface area (Å²) in [6, 6.07) is 5.74. The monoisotopic (exact) mass is 473 g/mol. The lowest BCUT2D eigenvalue weighted by molar-refractivity contribution is -0.150. The van der Waals surface area contributed by atoms with Crippen LogP contribution in [0, 0.1) is 31.1 Å². The Kier molecular flexibility index (Phi) is 8.82. The number of nitrogens with one attached hydrogen (secondary N) is 2. The molecule has 176 valence electrons. The molecule has 0 aliphatic heterocycles. The van der Waals surface area contributed by atoms with Crippen LogP contribution in [0.15, 0.2) is 18.2 Å². The molecule has 1 heterocycles. The Morgan fingerprint density at radius 1 is 1.09 bits per heavy atom. The quantitative estimate of drug-likeness (QED) is 0.536. The summed E-state index contributed by atoms with van der Waals surface area (Å²) in [5.41, 5.74) is 1.43. The van der Waals surface area contributed by atoms with Gasteiger partial charge in [-0.3, -0.25) is 9.59 Å². The number of aryl methyl sites for hydroxylation is 1. The lowest BCUT2D eigenvalue weighted by Crippen LogP contribution is -2.46. The van der Waals surface area contributed by atoms with E-state index in [-0.39, 0.29) is 11.5 Å². The van der Waals surface area contributed by atoms with Gasteiger partial charge in [-0.15, -0.1) is 11.3 Å². The van der Waals surface area contributed by atoms with Crippen LogP contribution in [0.1, 0.15) is 40.2 Å². The van der Waals surface area contributed by atoms with Crippen molar-refractivity contribution < 1.29 is 28.6 Å². The number of thiophene rings is 1. The number of hydrogen-bond acceptors (Lipinski definition) is 8. The highest BCUT2D eigenvalue weighted by Crippen LogP contribution is 2.31. The van der Waals surface area contributed by atoms with Gasteiger partial charge in [0.05, 0.1) is 19.8 Å². The molecule has 1 atom stereocenters. The topological polar surface area (TPSA) is 127 Å². The van der Waals surface area contributed by atoms with E-state index in [4.69, 9.17) is 14.2 Å². The minimum absolute atomic E-state index is 0.245. The fraction of sp³-hybridized carbons (Fsp3) is 0.391. The van der Waals surface area contributed by atoms with Crippen molar-refractivity contribution in [3.05, 3.63) is 39.8 Å². The smallest absolute Gasteiger partial charge is 0.329 e. The zero-order valence-corrected chi connectivity index (χ0v) is 20.2. The average Bonchev–Trinajstić information content (AvgIpc) is 3.06. The molecule has 0 spiro atoms. The molecule has 0 bridgehead atoms. The predicted molar refractivity (Wildman–Crippen MR) is 124 cm³/mol. The van der Waals surface area contributed by atoms with E-state index in [1.807, 2.05) is 6.92 Å². The van der Waals surface area contributed by atoms with Crippen LogP contribution in [0.25, 0.3) is 0 Å². The maximum Gasteiger partial charge on any atom is 0.329 e. The Morgan fingerprint density at radius 2 is 1.70 bits per heavy atom. The van der Waals surface area contributed by atoms with Crippen molar-refractivity contribution in [1.82, 2.24) is 5.32 Å². The number of ether oxygens (including phenoxy) is 3. The molecule has 1 unspecified atom stereocenters. The number of amides is 2. The van der Waals surface area contributed by atoms with E-state index in [1.54, 1.807) is 26.8 Å². The zero-order valence-electron chi connectivity index (χ0n) is 19.4. The zero-order chi connectivity index (χ0) is 24.7. The second kappa shape index (κ2) is 11.3. The van der Waals surface area contributed by atoms with E-state index >= 15 is 0 Å². The van der Waals surface area contributed by atoms with E-state index in [1.165, 1.54) is 37.7 Å². The first-order valence-corrected chi connectivity index (χ1v) is 10.9. The number of carbonyl (C=O) groups excluding carboxylic acids is 3. The molecule has 0 fully saturated rings. The number of nitriles is 1. The highest BCUT2D eigenvalue weighted by Gasteiger charge is 2.27. The number of rotatable bonds is 9. The van der Waals surface area contributed by atoms with Crippen LogP contribution < -0.4 is 20.1 Å². The summed E-state index contributed by atoms with van der Waals surface area (Å²) in [6.07, 6.45) is 0. The number of anilines is 1. The minimum atomic E-state index is -0.983. The van der Waals surface area contributed by atoms with Crippen LogP contribution >= 0.6 is 11.3 Å². The summed E-state index contributed by atoms with van der Waals surface area (Å²) in [6.45, 7) is 6.59. The van der Waals surface area contributed by atoms with Gasteiger partial charge >= 0.3 is 5.97 Å². The molecule has 0 radical (unpaired) electrons. The maximum absolute atomic E-state index is 12.7. The van der Waals surface area contributed by atoms with Crippen molar-refractivity contribution in [3.63, 3.8) is 0 Å². The van der Waals surface area contributed by atoms with E-state index < -0.39 is 30.4 Å². The van der Waals surface area contributed by atoms with Crippen LogP contribution in [0.2, 0.25) is 0 Å². The van der Waals surface area contributed by atoms with Crippen molar-refractivity contribution in [3.8, 4) is 17.6 Å². The van der Waals surface area contributed by atoms with Gasteiger partial charge in [0, 0.05) is 16.5 Å². The Balaban J connectivity index is 2.04. The molecule has 2 N–H and O–H groups in total. The molecule has 1 aromatic heterocycles. The molecule has 33 heavy (non-hydrogen) atoms.